The van der Waals surface area contributed by atoms with Gasteiger partial charge in [0.2, 0.25) is 0 Å². The molecule has 1 saturated heterocycles. The van der Waals surface area contributed by atoms with Gasteiger partial charge in [-0.05, 0) is 58.9 Å². The van der Waals surface area contributed by atoms with Crippen LogP contribution in [-0.4, -0.2) is 23.3 Å². The van der Waals surface area contributed by atoms with Crippen molar-refractivity contribution in [3.05, 3.63) is 23.5 Å². The highest BCUT2D eigenvalue weighted by Gasteiger charge is 2.52. The highest BCUT2D eigenvalue weighted by molar-refractivity contribution is 6.62. The summed E-state index contributed by atoms with van der Waals surface area (Å²) in [5.41, 5.74) is 2.98. The van der Waals surface area contributed by atoms with E-state index >= 15 is 0 Å². The second-order valence-corrected chi connectivity index (χ2v) is 6.81. The molecule has 0 aromatic carbocycles. The number of hydrogen-bond acceptors (Lipinski definition) is 3. The molecule has 0 spiro atoms. The van der Waals surface area contributed by atoms with Gasteiger partial charge in [0.25, 0.3) is 0 Å². The lowest BCUT2D eigenvalue weighted by Crippen LogP contribution is -2.41. The van der Waals surface area contributed by atoms with Crippen molar-refractivity contribution in [1.29, 1.82) is 0 Å². The first-order valence-electron chi connectivity index (χ1n) is 7.12. The number of nitrogens with zero attached hydrogens (tertiary/aromatic N) is 1. The molecule has 1 aliphatic heterocycles. The van der Waals surface area contributed by atoms with E-state index in [1.165, 1.54) is 18.4 Å². The van der Waals surface area contributed by atoms with E-state index in [1.807, 2.05) is 6.20 Å². The molecule has 3 nitrogen and oxygen atoms in total. The lowest BCUT2D eigenvalue weighted by Gasteiger charge is -2.32. The van der Waals surface area contributed by atoms with Gasteiger partial charge in [-0.3, -0.25) is 4.98 Å². The molecule has 19 heavy (non-hydrogen) atoms. The smallest absolute Gasteiger partial charge is 0.399 e. The zero-order valence-electron chi connectivity index (χ0n) is 12.5. The molecule has 0 N–H and O–H groups in total. The molecule has 0 amide bonds. The Bertz CT molecular complexity index is 493. The predicted molar refractivity (Wildman–Crippen MR) is 76.7 cm³/mol. The first-order valence-corrected chi connectivity index (χ1v) is 7.12. The topological polar surface area (TPSA) is 31.4 Å². The summed E-state index contributed by atoms with van der Waals surface area (Å²) in [6.07, 6.45) is 4.47. The molecule has 0 atom stereocenters. The molecule has 0 bridgehead atoms. The van der Waals surface area contributed by atoms with Gasteiger partial charge in [-0.15, -0.1) is 0 Å². The summed E-state index contributed by atoms with van der Waals surface area (Å²) in [6, 6.07) is 2.22. The fourth-order valence-electron chi connectivity index (χ4n) is 2.48. The summed E-state index contributed by atoms with van der Waals surface area (Å²) in [5, 5.41) is 0. The van der Waals surface area contributed by atoms with Crippen molar-refractivity contribution in [2.45, 2.75) is 64.6 Å². The highest BCUT2D eigenvalue weighted by atomic mass is 16.7. The molecule has 2 aliphatic rings. The standard InChI is InChI=1S/C15H22BNO2/c1-10-13(11-6-7-11)8-12(9-17-10)16-18-14(2,3)15(4,5)19-16/h8-9,11H,6-7H2,1-5H3. The fraction of sp³-hybridized carbons (Fsp3) is 0.667. The molecule has 3 rings (SSSR count). The van der Waals surface area contributed by atoms with Crippen LogP contribution >= 0.6 is 0 Å². The minimum Gasteiger partial charge on any atom is -0.399 e. The molecule has 0 radical (unpaired) electrons. The Morgan fingerprint density at radius 2 is 1.74 bits per heavy atom. The summed E-state index contributed by atoms with van der Waals surface area (Å²) in [7, 11) is -0.296. The van der Waals surface area contributed by atoms with Crippen LogP contribution in [0.4, 0.5) is 0 Å². The Kier molecular flexibility index (Phi) is 2.81. The van der Waals surface area contributed by atoms with E-state index in [9.17, 15) is 0 Å². The van der Waals surface area contributed by atoms with E-state index in [-0.39, 0.29) is 18.3 Å². The third-order valence-corrected chi connectivity index (χ3v) is 4.69. The molecular weight excluding hydrogens is 237 g/mol. The van der Waals surface area contributed by atoms with E-state index in [0.29, 0.717) is 5.92 Å². The van der Waals surface area contributed by atoms with E-state index in [4.69, 9.17) is 9.31 Å². The summed E-state index contributed by atoms with van der Waals surface area (Å²) in [4.78, 5) is 4.52. The molecule has 1 aliphatic carbocycles. The zero-order chi connectivity index (χ0) is 13.8. The lowest BCUT2D eigenvalue weighted by molar-refractivity contribution is 0.00578. The quantitative estimate of drug-likeness (QED) is 0.765. The van der Waals surface area contributed by atoms with Gasteiger partial charge in [-0.1, -0.05) is 6.07 Å². The van der Waals surface area contributed by atoms with Crippen LogP contribution in [0.3, 0.4) is 0 Å². The molecule has 102 valence electrons. The normalized spacial score (nSPS) is 24.8. The Morgan fingerprint density at radius 3 is 2.26 bits per heavy atom. The van der Waals surface area contributed by atoms with Gasteiger partial charge >= 0.3 is 7.12 Å². The molecule has 1 aromatic rings. The first-order chi connectivity index (χ1) is 8.80. The second-order valence-electron chi connectivity index (χ2n) is 6.81. The maximum atomic E-state index is 6.08. The van der Waals surface area contributed by atoms with Crippen LogP contribution in [0.5, 0.6) is 0 Å². The highest BCUT2D eigenvalue weighted by Crippen LogP contribution is 2.41. The minimum absolute atomic E-state index is 0.289. The number of aryl methyl sites for hydroxylation is 1. The fourth-order valence-corrected chi connectivity index (χ4v) is 2.48. The molecule has 2 heterocycles. The average Bonchev–Trinajstić information content (AvgIpc) is 3.08. The van der Waals surface area contributed by atoms with E-state index < -0.39 is 0 Å². The molecule has 0 unspecified atom stereocenters. The third-order valence-electron chi connectivity index (χ3n) is 4.69. The third kappa shape index (κ3) is 2.21. The summed E-state index contributed by atoms with van der Waals surface area (Å²) in [5.74, 6) is 0.704. The van der Waals surface area contributed by atoms with Crippen molar-refractivity contribution in [1.82, 2.24) is 4.98 Å². The van der Waals surface area contributed by atoms with Gasteiger partial charge in [0.05, 0.1) is 11.2 Å². The number of rotatable bonds is 2. The number of pyridine rings is 1. The molecular formula is C15H22BNO2. The van der Waals surface area contributed by atoms with Crippen LogP contribution < -0.4 is 5.46 Å². The van der Waals surface area contributed by atoms with Crippen molar-refractivity contribution in [3.8, 4) is 0 Å². The Hall–Kier alpha value is -0.865. The zero-order valence-corrected chi connectivity index (χ0v) is 12.5. The Labute approximate surface area is 115 Å². The van der Waals surface area contributed by atoms with Crippen LogP contribution in [0.15, 0.2) is 12.3 Å². The lowest BCUT2D eigenvalue weighted by atomic mass is 9.79. The number of hydrogen-bond donors (Lipinski definition) is 0. The van der Waals surface area contributed by atoms with Gasteiger partial charge in [0.1, 0.15) is 0 Å². The summed E-state index contributed by atoms with van der Waals surface area (Å²) < 4.78 is 12.2. The minimum atomic E-state index is -0.296. The van der Waals surface area contributed by atoms with Crippen molar-refractivity contribution < 1.29 is 9.31 Å². The van der Waals surface area contributed by atoms with Crippen molar-refractivity contribution in [3.63, 3.8) is 0 Å². The molecule has 2 fully saturated rings. The van der Waals surface area contributed by atoms with Crippen LogP contribution in [0.2, 0.25) is 0 Å². The van der Waals surface area contributed by atoms with Gasteiger partial charge in [-0.2, -0.15) is 0 Å². The van der Waals surface area contributed by atoms with E-state index in [2.05, 4.69) is 45.7 Å². The van der Waals surface area contributed by atoms with Gasteiger partial charge in [0, 0.05) is 17.4 Å². The summed E-state index contributed by atoms with van der Waals surface area (Å²) >= 11 is 0. The van der Waals surface area contributed by atoms with E-state index in [0.717, 1.165) is 11.2 Å². The summed E-state index contributed by atoms with van der Waals surface area (Å²) in [6.45, 7) is 10.4. The van der Waals surface area contributed by atoms with Gasteiger partial charge < -0.3 is 9.31 Å². The van der Waals surface area contributed by atoms with Gasteiger partial charge in [0.15, 0.2) is 0 Å². The maximum absolute atomic E-state index is 6.08. The Morgan fingerprint density at radius 1 is 1.16 bits per heavy atom. The predicted octanol–water partition coefficient (Wildman–Crippen LogP) is 2.57. The maximum Gasteiger partial charge on any atom is 0.496 e. The number of aromatic nitrogens is 1. The second kappa shape index (κ2) is 4.06. The van der Waals surface area contributed by atoms with Crippen molar-refractivity contribution >= 4 is 12.6 Å². The van der Waals surface area contributed by atoms with Gasteiger partial charge in [-0.25, -0.2) is 0 Å². The van der Waals surface area contributed by atoms with Crippen LogP contribution in [-0.2, 0) is 9.31 Å². The van der Waals surface area contributed by atoms with Crippen molar-refractivity contribution in [2.75, 3.05) is 0 Å². The van der Waals surface area contributed by atoms with E-state index in [1.54, 1.807) is 0 Å². The van der Waals surface area contributed by atoms with Crippen LogP contribution in [0.1, 0.15) is 57.7 Å². The molecule has 4 heteroatoms. The molecule has 1 saturated carbocycles. The Balaban J connectivity index is 1.90. The van der Waals surface area contributed by atoms with Crippen molar-refractivity contribution in [2.24, 2.45) is 0 Å². The van der Waals surface area contributed by atoms with Crippen LogP contribution in [0, 0.1) is 6.92 Å². The SMILES string of the molecule is Cc1ncc(B2OC(C)(C)C(C)(C)O2)cc1C1CC1. The first kappa shape index (κ1) is 13.1. The largest absolute Gasteiger partial charge is 0.496 e. The van der Waals surface area contributed by atoms with Crippen LogP contribution in [0.25, 0.3) is 0 Å². The monoisotopic (exact) mass is 259 g/mol. The molecule has 1 aromatic heterocycles. The average molecular weight is 259 g/mol.